The highest BCUT2D eigenvalue weighted by Crippen LogP contribution is 2.38. The number of hydrogen-bond donors (Lipinski definition) is 1. The summed E-state index contributed by atoms with van der Waals surface area (Å²) in [5, 5.41) is 3.66. The molecule has 3 atom stereocenters. The summed E-state index contributed by atoms with van der Waals surface area (Å²) in [6, 6.07) is 19.0. The van der Waals surface area contributed by atoms with E-state index >= 15 is 0 Å². The molecule has 2 heterocycles. The molecular weight excluding hydrogens is 250 g/mol. The number of benzene rings is 2. The van der Waals surface area contributed by atoms with Gasteiger partial charge in [0, 0.05) is 5.56 Å². The highest BCUT2D eigenvalue weighted by Gasteiger charge is 2.37. The van der Waals surface area contributed by atoms with Gasteiger partial charge >= 0.3 is 0 Å². The summed E-state index contributed by atoms with van der Waals surface area (Å²) in [4.78, 5) is 0. The van der Waals surface area contributed by atoms with Crippen LogP contribution in [0.5, 0.6) is 5.75 Å². The minimum absolute atomic E-state index is 0.0971. The Balaban J connectivity index is 1.58. The van der Waals surface area contributed by atoms with Gasteiger partial charge in [0.2, 0.25) is 0 Å². The molecule has 0 radical (unpaired) electrons. The number of fused-ring (bicyclic) bond motifs is 3. The van der Waals surface area contributed by atoms with E-state index in [9.17, 15) is 0 Å². The first kappa shape index (κ1) is 11.9. The van der Waals surface area contributed by atoms with Gasteiger partial charge in [0.05, 0.1) is 18.7 Å². The van der Waals surface area contributed by atoms with Crippen LogP contribution >= 0.6 is 0 Å². The second kappa shape index (κ2) is 4.93. The Kier molecular flexibility index (Phi) is 2.94. The zero-order chi connectivity index (χ0) is 13.4. The van der Waals surface area contributed by atoms with E-state index in [-0.39, 0.29) is 18.2 Å². The summed E-state index contributed by atoms with van der Waals surface area (Å²) in [6.45, 7) is 1.35. The fourth-order valence-corrected chi connectivity index (χ4v) is 3.06. The van der Waals surface area contributed by atoms with E-state index in [0.29, 0.717) is 13.2 Å². The third-order valence-corrected chi connectivity index (χ3v) is 4.07. The van der Waals surface area contributed by atoms with Crippen LogP contribution < -0.4 is 10.1 Å². The summed E-state index contributed by atoms with van der Waals surface area (Å²) in [7, 11) is 0. The first-order valence-electron chi connectivity index (χ1n) is 7.06. The first-order chi connectivity index (χ1) is 9.92. The first-order valence-corrected chi connectivity index (χ1v) is 7.06. The molecule has 3 heteroatoms. The summed E-state index contributed by atoms with van der Waals surface area (Å²) < 4.78 is 12.0. The van der Waals surface area contributed by atoms with Crippen LogP contribution in [0.4, 0.5) is 0 Å². The van der Waals surface area contributed by atoms with Gasteiger partial charge in [-0.05, 0) is 11.6 Å². The third-order valence-electron chi connectivity index (χ3n) is 4.07. The topological polar surface area (TPSA) is 30.5 Å². The van der Waals surface area contributed by atoms with Crippen LogP contribution in [-0.4, -0.2) is 19.3 Å². The Bertz CT molecular complexity index is 599. The highest BCUT2D eigenvalue weighted by molar-refractivity contribution is 5.38. The molecule has 0 saturated carbocycles. The van der Waals surface area contributed by atoms with Crippen LogP contribution in [0, 0.1) is 0 Å². The van der Waals surface area contributed by atoms with Crippen molar-refractivity contribution in [2.24, 2.45) is 0 Å². The Morgan fingerprint density at radius 2 is 1.70 bits per heavy atom. The Morgan fingerprint density at radius 3 is 2.60 bits per heavy atom. The summed E-state index contributed by atoms with van der Waals surface area (Å²) in [5.74, 6) is 0.953. The van der Waals surface area contributed by atoms with Crippen molar-refractivity contribution in [2.45, 2.75) is 18.2 Å². The minimum atomic E-state index is 0.0971. The molecule has 102 valence electrons. The molecule has 3 nitrogen and oxygen atoms in total. The number of rotatable bonds is 1. The minimum Gasteiger partial charge on any atom is -0.491 e. The van der Waals surface area contributed by atoms with Crippen molar-refractivity contribution in [2.75, 3.05) is 13.2 Å². The lowest BCUT2D eigenvalue weighted by Gasteiger charge is -2.41. The summed E-state index contributed by atoms with van der Waals surface area (Å²) >= 11 is 0. The number of nitrogens with one attached hydrogen (secondary N) is 1. The van der Waals surface area contributed by atoms with Gasteiger partial charge in [-0.25, -0.2) is 0 Å². The van der Waals surface area contributed by atoms with Crippen molar-refractivity contribution < 1.29 is 9.47 Å². The standard InChI is InChI=1S/C17H17NO2/c1-2-6-12(7-3-1)14-10-20-17-13-8-4-5-9-16(13)19-11-15(17)18-14/h1-9,14-15,17-18H,10-11H2. The number of hydrogen-bond acceptors (Lipinski definition) is 3. The van der Waals surface area contributed by atoms with Gasteiger partial charge in [-0.3, -0.25) is 5.32 Å². The lowest BCUT2D eigenvalue weighted by atomic mass is 9.95. The van der Waals surface area contributed by atoms with E-state index < -0.39 is 0 Å². The molecule has 2 aliphatic rings. The average Bonchev–Trinajstić information content (AvgIpc) is 2.55. The van der Waals surface area contributed by atoms with Crippen molar-refractivity contribution in [3.63, 3.8) is 0 Å². The van der Waals surface area contributed by atoms with Crippen LogP contribution in [0.25, 0.3) is 0 Å². The van der Waals surface area contributed by atoms with Crippen LogP contribution in [0.3, 0.4) is 0 Å². The van der Waals surface area contributed by atoms with Gasteiger partial charge < -0.3 is 9.47 Å². The third kappa shape index (κ3) is 1.99. The zero-order valence-electron chi connectivity index (χ0n) is 11.2. The van der Waals surface area contributed by atoms with Gasteiger partial charge in [-0.2, -0.15) is 0 Å². The highest BCUT2D eigenvalue weighted by atomic mass is 16.5. The predicted octanol–water partition coefficient (Wildman–Crippen LogP) is 2.85. The molecule has 0 aromatic heterocycles. The van der Waals surface area contributed by atoms with Crippen molar-refractivity contribution in [1.29, 1.82) is 0 Å². The SMILES string of the molecule is c1ccc(C2COC3c4ccccc4OCC3N2)cc1. The fourth-order valence-electron chi connectivity index (χ4n) is 3.06. The largest absolute Gasteiger partial charge is 0.491 e. The van der Waals surface area contributed by atoms with Gasteiger partial charge in [0.25, 0.3) is 0 Å². The molecule has 0 aliphatic carbocycles. The molecule has 2 aliphatic heterocycles. The lowest BCUT2D eigenvalue weighted by molar-refractivity contribution is -0.0528. The van der Waals surface area contributed by atoms with E-state index in [2.05, 4.69) is 35.6 Å². The molecule has 1 fully saturated rings. The zero-order valence-corrected chi connectivity index (χ0v) is 11.2. The van der Waals surface area contributed by atoms with Gasteiger partial charge in [0.15, 0.2) is 0 Å². The molecular formula is C17H17NO2. The number of ether oxygens (including phenoxy) is 2. The number of para-hydroxylation sites is 1. The van der Waals surface area contributed by atoms with Crippen LogP contribution in [0.1, 0.15) is 23.3 Å². The van der Waals surface area contributed by atoms with Crippen molar-refractivity contribution >= 4 is 0 Å². The van der Waals surface area contributed by atoms with E-state index in [4.69, 9.17) is 9.47 Å². The maximum Gasteiger partial charge on any atom is 0.125 e. The van der Waals surface area contributed by atoms with Crippen LogP contribution in [0.2, 0.25) is 0 Å². The molecule has 0 bridgehead atoms. The summed E-state index contributed by atoms with van der Waals surface area (Å²) in [5.41, 5.74) is 2.42. The quantitative estimate of drug-likeness (QED) is 0.862. The average molecular weight is 267 g/mol. The van der Waals surface area contributed by atoms with Crippen LogP contribution in [0.15, 0.2) is 54.6 Å². The maximum absolute atomic E-state index is 6.13. The fraction of sp³-hybridized carbons (Fsp3) is 0.294. The second-order valence-corrected chi connectivity index (χ2v) is 5.34. The second-order valence-electron chi connectivity index (χ2n) is 5.34. The summed E-state index contributed by atoms with van der Waals surface area (Å²) in [6.07, 6.45) is 0.0971. The predicted molar refractivity (Wildman–Crippen MR) is 76.7 cm³/mol. The van der Waals surface area contributed by atoms with Gasteiger partial charge in [-0.1, -0.05) is 48.5 Å². The van der Waals surface area contributed by atoms with E-state index in [1.54, 1.807) is 0 Å². The molecule has 1 N–H and O–H groups in total. The van der Waals surface area contributed by atoms with Crippen molar-refractivity contribution in [3.05, 3.63) is 65.7 Å². The molecule has 4 rings (SSSR count). The molecule has 20 heavy (non-hydrogen) atoms. The lowest BCUT2D eigenvalue weighted by Crippen LogP contribution is -2.50. The molecule has 2 aromatic carbocycles. The number of morpholine rings is 1. The smallest absolute Gasteiger partial charge is 0.125 e. The van der Waals surface area contributed by atoms with E-state index in [1.165, 1.54) is 5.56 Å². The Labute approximate surface area is 118 Å². The van der Waals surface area contributed by atoms with Crippen molar-refractivity contribution in [1.82, 2.24) is 5.32 Å². The Hall–Kier alpha value is -1.84. The normalized spacial score (nSPS) is 28.1. The van der Waals surface area contributed by atoms with Crippen LogP contribution in [-0.2, 0) is 4.74 Å². The molecule has 1 saturated heterocycles. The van der Waals surface area contributed by atoms with E-state index in [1.807, 2.05) is 24.3 Å². The Morgan fingerprint density at radius 1 is 0.900 bits per heavy atom. The van der Waals surface area contributed by atoms with Crippen molar-refractivity contribution in [3.8, 4) is 5.75 Å². The maximum atomic E-state index is 6.13. The molecule has 3 unspecified atom stereocenters. The monoisotopic (exact) mass is 267 g/mol. The molecule has 2 aromatic rings. The molecule has 0 amide bonds. The molecule has 0 spiro atoms. The van der Waals surface area contributed by atoms with Gasteiger partial charge in [0.1, 0.15) is 18.5 Å². The van der Waals surface area contributed by atoms with Gasteiger partial charge in [-0.15, -0.1) is 0 Å². The van der Waals surface area contributed by atoms with E-state index in [0.717, 1.165) is 11.3 Å².